The van der Waals surface area contributed by atoms with E-state index in [9.17, 15) is 13.2 Å². The van der Waals surface area contributed by atoms with Gasteiger partial charge in [0.05, 0.1) is 35.9 Å². The summed E-state index contributed by atoms with van der Waals surface area (Å²) in [6.07, 6.45) is 1.45. The Kier molecular flexibility index (Phi) is 4.55. The minimum absolute atomic E-state index is 0.0201. The lowest BCUT2D eigenvalue weighted by Crippen LogP contribution is -2.21. The Morgan fingerprint density at radius 3 is 2.97 bits per heavy atom. The van der Waals surface area contributed by atoms with Gasteiger partial charge >= 0.3 is 6.18 Å². The maximum absolute atomic E-state index is 12.3. The molecule has 0 aromatic carbocycles. The van der Waals surface area contributed by atoms with Crippen LogP contribution in [0.15, 0.2) is 30.9 Å². The number of nitrogens with zero attached hydrogens (tertiary/aromatic N) is 5. The van der Waals surface area contributed by atoms with E-state index in [4.69, 9.17) is 2.74 Å². The van der Waals surface area contributed by atoms with E-state index in [-0.39, 0.29) is 5.69 Å². The van der Waals surface area contributed by atoms with Crippen LogP contribution in [-0.2, 0) is 6.50 Å². The first-order valence-corrected chi connectivity index (χ1v) is 9.29. The van der Waals surface area contributed by atoms with Crippen LogP contribution in [-0.4, -0.2) is 41.7 Å². The van der Waals surface area contributed by atoms with Gasteiger partial charge in [0.25, 0.3) is 0 Å². The summed E-state index contributed by atoms with van der Waals surface area (Å²) < 4.78 is 58.8. The summed E-state index contributed by atoms with van der Waals surface area (Å²) in [4.78, 5) is 8.88. The molecule has 0 saturated carbocycles. The fourth-order valence-electron chi connectivity index (χ4n) is 2.66. The van der Waals surface area contributed by atoms with E-state index >= 15 is 0 Å². The van der Waals surface area contributed by atoms with Crippen LogP contribution >= 0.6 is 11.5 Å². The molecule has 0 fully saturated rings. The van der Waals surface area contributed by atoms with Crippen molar-refractivity contribution < 1.29 is 15.9 Å². The van der Waals surface area contributed by atoms with Gasteiger partial charge in [-0.2, -0.15) is 22.6 Å². The zero-order chi connectivity index (χ0) is 22.2. The molecule has 29 heavy (non-hydrogen) atoms. The lowest BCUT2D eigenvalue weighted by atomic mass is 10.3. The molecule has 0 unspecified atom stereocenters. The van der Waals surface area contributed by atoms with Crippen molar-refractivity contribution in [2.24, 2.45) is 0 Å². The highest BCUT2D eigenvalue weighted by molar-refractivity contribution is 7.10. The molecule has 0 atom stereocenters. The van der Waals surface area contributed by atoms with Gasteiger partial charge in [-0.05, 0) is 24.5 Å². The Morgan fingerprint density at radius 1 is 1.34 bits per heavy atom. The van der Waals surface area contributed by atoms with E-state index in [1.165, 1.54) is 6.07 Å². The predicted molar refractivity (Wildman–Crippen MR) is 103 cm³/mol. The molecular weight excluding hydrogens is 405 g/mol. The fourth-order valence-corrected chi connectivity index (χ4v) is 3.27. The zero-order valence-electron chi connectivity index (χ0n) is 17.1. The van der Waals surface area contributed by atoms with Crippen LogP contribution in [0.3, 0.4) is 0 Å². The van der Waals surface area contributed by atoms with E-state index < -0.39 is 25.6 Å². The smallest absolute Gasteiger partial charge is 0.328 e. The lowest BCUT2D eigenvalue weighted by molar-refractivity contribution is -0.133. The Bertz CT molecular complexity index is 1190. The summed E-state index contributed by atoms with van der Waals surface area (Å²) in [6, 6.07) is 1.44. The van der Waals surface area contributed by atoms with Gasteiger partial charge in [0.15, 0.2) is 11.5 Å². The van der Waals surface area contributed by atoms with Gasteiger partial charge in [-0.3, -0.25) is 9.50 Å². The summed E-state index contributed by atoms with van der Waals surface area (Å²) in [6.45, 7) is -0.939. The maximum atomic E-state index is 12.3. The number of H-pyrrole nitrogens is 1. The summed E-state index contributed by atoms with van der Waals surface area (Å²) in [5, 5.41) is 12.5. The second kappa shape index (κ2) is 7.79. The van der Waals surface area contributed by atoms with Gasteiger partial charge in [0.1, 0.15) is 5.00 Å². The monoisotopic (exact) mass is 424 g/mol. The highest BCUT2D eigenvalue weighted by Crippen LogP contribution is 2.27. The first-order chi connectivity index (χ1) is 14.6. The number of imidazole rings is 1. The predicted octanol–water partition coefficient (Wildman–Crippen LogP) is 3.67. The van der Waals surface area contributed by atoms with Crippen molar-refractivity contribution in [1.82, 2.24) is 34.3 Å². The molecule has 0 spiro atoms. The van der Waals surface area contributed by atoms with Crippen LogP contribution in [0.4, 0.5) is 24.0 Å². The molecule has 12 heteroatoms. The minimum Gasteiger partial charge on any atom is -0.328 e. The summed E-state index contributed by atoms with van der Waals surface area (Å²) in [7, 11) is 0. The highest BCUT2D eigenvalue weighted by Gasteiger charge is 2.25. The van der Waals surface area contributed by atoms with Crippen molar-refractivity contribution in [2.45, 2.75) is 26.0 Å². The SMILES string of the molecule is [2H]C([2H])(NCCC(F)(F)F)c1cc(Nc2nc(C)cn3c(-c4cn[nH]c4)cnc23)sn1. The third kappa shape index (κ3) is 4.54. The van der Waals surface area contributed by atoms with Gasteiger partial charge in [-0.1, -0.05) is 0 Å². The molecule has 0 radical (unpaired) electrons. The second-order valence-electron chi connectivity index (χ2n) is 6.17. The molecule has 8 nitrogen and oxygen atoms in total. The van der Waals surface area contributed by atoms with E-state index in [1.807, 2.05) is 17.5 Å². The number of nitrogens with one attached hydrogen (secondary N) is 3. The van der Waals surface area contributed by atoms with Crippen LogP contribution in [0.1, 0.15) is 20.6 Å². The van der Waals surface area contributed by atoms with E-state index in [1.54, 1.807) is 18.6 Å². The average Bonchev–Trinajstić information content (AvgIpc) is 3.40. The number of aromatic nitrogens is 6. The molecule has 4 heterocycles. The number of anilines is 2. The van der Waals surface area contributed by atoms with Gasteiger partial charge in [-0.25, -0.2) is 9.97 Å². The first-order valence-electron chi connectivity index (χ1n) is 9.52. The summed E-state index contributed by atoms with van der Waals surface area (Å²) in [5.41, 5.74) is 2.90. The Balaban J connectivity index is 1.56. The van der Waals surface area contributed by atoms with Crippen LogP contribution in [0.5, 0.6) is 0 Å². The summed E-state index contributed by atoms with van der Waals surface area (Å²) in [5.74, 6) is 0.440. The molecule has 0 aliphatic heterocycles. The van der Waals surface area contributed by atoms with Crippen molar-refractivity contribution in [1.29, 1.82) is 0 Å². The molecular formula is C17H17F3N8S. The fraction of sp³-hybridized carbons (Fsp3) is 0.294. The zero-order valence-corrected chi connectivity index (χ0v) is 15.9. The number of hydrogen-bond donors (Lipinski definition) is 3. The number of hydrogen-bond acceptors (Lipinski definition) is 7. The van der Waals surface area contributed by atoms with Gasteiger partial charge in [0.2, 0.25) is 0 Å². The van der Waals surface area contributed by atoms with Crippen LogP contribution in [0, 0.1) is 6.92 Å². The minimum atomic E-state index is -4.36. The number of halogens is 3. The van der Waals surface area contributed by atoms with Crippen molar-refractivity contribution in [2.75, 3.05) is 11.9 Å². The van der Waals surface area contributed by atoms with Crippen molar-refractivity contribution >= 4 is 28.0 Å². The first kappa shape index (κ1) is 16.9. The third-order valence-electron chi connectivity index (χ3n) is 3.91. The molecule has 4 aromatic rings. The Morgan fingerprint density at radius 2 is 2.21 bits per heavy atom. The van der Waals surface area contributed by atoms with Gasteiger partial charge < -0.3 is 10.6 Å². The van der Waals surface area contributed by atoms with Crippen LogP contribution in [0.25, 0.3) is 16.9 Å². The molecule has 4 aromatic heterocycles. The van der Waals surface area contributed by atoms with E-state index in [0.717, 1.165) is 22.8 Å². The lowest BCUT2D eigenvalue weighted by Gasteiger charge is -2.07. The number of rotatable bonds is 7. The molecule has 0 aliphatic rings. The van der Waals surface area contributed by atoms with Crippen molar-refractivity contribution in [3.8, 4) is 11.3 Å². The Labute approximate surface area is 170 Å². The third-order valence-corrected chi connectivity index (χ3v) is 4.61. The topological polar surface area (TPSA) is 95.8 Å². The van der Waals surface area contributed by atoms with Crippen molar-refractivity contribution in [3.05, 3.63) is 42.2 Å². The molecule has 0 bridgehead atoms. The molecule has 3 N–H and O–H groups in total. The maximum Gasteiger partial charge on any atom is 0.390 e. The second-order valence-corrected chi connectivity index (χ2v) is 6.98. The molecule has 0 aliphatic carbocycles. The number of alkyl halides is 3. The Hall–Kier alpha value is -2.99. The largest absolute Gasteiger partial charge is 0.390 e. The van der Waals surface area contributed by atoms with Gasteiger partial charge in [-0.15, -0.1) is 0 Å². The van der Waals surface area contributed by atoms with Crippen molar-refractivity contribution in [3.63, 3.8) is 0 Å². The normalized spacial score (nSPS) is 13.5. The molecule has 4 rings (SSSR count). The quantitative estimate of drug-likeness (QED) is 0.419. The van der Waals surface area contributed by atoms with Crippen LogP contribution in [0.2, 0.25) is 0 Å². The number of fused-ring (bicyclic) bond motifs is 1. The van der Waals surface area contributed by atoms with E-state index in [2.05, 4.69) is 35.2 Å². The van der Waals surface area contributed by atoms with E-state index in [0.29, 0.717) is 22.2 Å². The standard InChI is InChI=1S/C17H17F3N8S/c1-10-9-28-13(11-5-23-24-6-11)8-22-16(28)15(25-10)26-14-4-12(27-29-14)7-21-3-2-17(18,19)20/h4-6,8-9,21H,2-3,7H2,1H3,(H,23,24)(H,25,26)/i7D2. The number of aromatic amines is 1. The van der Waals surface area contributed by atoms with Gasteiger partial charge in [0, 0.05) is 33.7 Å². The van der Waals surface area contributed by atoms with Crippen LogP contribution < -0.4 is 10.6 Å². The highest BCUT2D eigenvalue weighted by atomic mass is 32.1. The summed E-state index contributed by atoms with van der Waals surface area (Å²) >= 11 is 0.974. The molecule has 0 amide bonds. The molecule has 152 valence electrons. The molecule has 0 saturated heterocycles. The number of aryl methyl sites for hydroxylation is 1. The average molecular weight is 424 g/mol.